The second-order valence-corrected chi connectivity index (χ2v) is 8.66. The van der Waals surface area contributed by atoms with Gasteiger partial charge in [0.25, 0.3) is 11.4 Å². The number of non-ortho nitro benzene ring substituents is 1. The first kappa shape index (κ1) is 23.7. The van der Waals surface area contributed by atoms with Gasteiger partial charge in [0.05, 0.1) is 58.5 Å². The zero-order chi connectivity index (χ0) is 24.2. The van der Waals surface area contributed by atoms with Crippen LogP contribution in [0.1, 0.15) is 5.56 Å². The molecule has 4 rings (SSSR count). The van der Waals surface area contributed by atoms with Crippen molar-refractivity contribution in [2.75, 3.05) is 13.7 Å². The molecular weight excluding hydrogens is 470 g/mol. The quantitative estimate of drug-likeness (QED) is 0.166. The van der Waals surface area contributed by atoms with Gasteiger partial charge in [0.2, 0.25) is 0 Å². The molecule has 34 heavy (non-hydrogen) atoms. The number of ether oxygens (including phenoxy) is 4. The molecule has 2 heterocycles. The van der Waals surface area contributed by atoms with E-state index in [1.54, 1.807) is 19.2 Å². The Hall–Kier alpha value is -3.42. The van der Waals surface area contributed by atoms with Gasteiger partial charge >= 0.3 is 0 Å². The molecule has 0 unspecified atom stereocenters. The molecule has 0 amide bonds. The first-order valence-corrected chi connectivity index (χ1v) is 10.9. The van der Waals surface area contributed by atoms with E-state index in [0.717, 1.165) is 23.4 Å². The van der Waals surface area contributed by atoms with Crippen LogP contribution in [0, 0.1) is 20.2 Å². The Morgan fingerprint density at radius 3 is 2.62 bits per heavy atom. The van der Waals surface area contributed by atoms with E-state index in [1.165, 1.54) is 12.1 Å². The van der Waals surface area contributed by atoms with Crippen LogP contribution in [0.3, 0.4) is 0 Å². The fraction of sp³-hybridized carbons (Fsp3) is 0.400. The van der Waals surface area contributed by atoms with Gasteiger partial charge in [-0.05, 0) is 29.3 Å². The van der Waals surface area contributed by atoms with Crippen LogP contribution in [-0.4, -0.2) is 53.4 Å². The summed E-state index contributed by atoms with van der Waals surface area (Å²) in [5.74, 6) is 0.699. The summed E-state index contributed by atoms with van der Waals surface area (Å²) in [5.41, 5.74) is 9.23. The highest BCUT2D eigenvalue weighted by Gasteiger charge is 2.52. The normalized spacial score (nSPS) is 25.4. The number of rotatable bonds is 9. The van der Waals surface area contributed by atoms with Crippen molar-refractivity contribution in [2.24, 2.45) is 5.11 Å². The SMILES string of the molecule is COc1ccc(CO[C@@H]2[C@@H](N=[N+]=[N-])[C@H](Sc3ccc([N+](=O)[O-])cc3[N+](=O)[O-])[C@H]3OC[C@H]2O3)cc1. The van der Waals surface area contributed by atoms with Crippen LogP contribution in [-0.2, 0) is 20.8 Å². The van der Waals surface area contributed by atoms with Gasteiger partial charge in [-0.1, -0.05) is 17.2 Å². The number of hydrogen-bond acceptors (Lipinski definition) is 10. The molecule has 2 fully saturated rings. The third-order valence-corrected chi connectivity index (χ3v) is 6.81. The predicted molar refractivity (Wildman–Crippen MR) is 119 cm³/mol. The summed E-state index contributed by atoms with van der Waals surface area (Å²) >= 11 is 1.00. The van der Waals surface area contributed by atoms with Gasteiger partial charge in [0.1, 0.15) is 11.9 Å². The van der Waals surface area contributed by atoms with Gasteiger partial charge in [-0.25, -0.2) is 0 Å². The molecule has 2 aromatic rings. The lowest BCUT2D eigenvalue weighted by atomic mass is 10.0. The summed E-state index contributed by atoms with van der Waals surface area (Å²) in [6.45, 7) is 0.403. The molecule has 0 spiro atoms. The van der Waals surface area contributed by atoms with Crippen molar-refractivity contribution in [3.05, 3.63) is 78.7 Å². The maximum Gasteiger partial charge on any atom is 0.289 e. The topological polar surface area (TPSA) is 172 Å². The molecule has 2 bridgehead atoms. The van der Waals surface area contributed by atoms with Gasteiger partial charge in [0, 0.05) is 11.0 Å². The van der Waals surface area contributed by atoms with Crippen molar-refractivity contribution in [3.8, 4) is 5.75 Å². The average molecular weight is 489 g/mol. The van der Waals surface area contributed by atoms with Crippen LogP contribution in [0.25, 0.3) is 10.4 Å². The monoisotopic (exact) mass is 489 g/mol. The molecule has 0 N–H and O–H groups in total. The highest BCUT2D eigenvalue weighted by Crippen LogP contribution is 2.44. The van der Waals surface area contributed by atoms with Crippen molar-refractivity contribution in [3.63, 3.8) is 0 Å². The van der Waals surface area contributed by atoms with Crippen molar-refractivity contribution < 1.29 is 28.8 Å². The minimum Gasteiger partial charge on any atom is -0.497 e. The van der Waals surface area contributed by atoms with Crippen molar-refractivity contribution in [1.82, 2.24) is 0 Å². The van der Waals surface area contributed by atoms with Crippen molar-refractivity contribution in [2.45, 2.75) is 41.3 Å². The largest absolute Gasteiger partial charge is 0.497 e. The van der Waals surface area contributed by atoms with Gasteiger partial charge in [-0.2, -0.15) is 0 Å². The summed E-state index contributed by atoms with van der Waals surface area (Å²) < 4.78 is 22.9. The van der Waals surface area contributed by atoms with E-state index >= 15 is 0 Å². The molecule has 0 saturated carbocycles. The van der Waals surface area contributed by atoms with Crippen LogP contribution in [0.5, 0.6) is 5.75 Å². The van der Waals surface area contributed by atoms with E-state index in [1.807, 2.05) is 12.1 Å². The van der Waals surface area contributed by atoms with E-state index in [2.05, 4.69) is 10.0 Å². The molecule has 2 aliphatic heterocycles. The second-order valence-electron chi connectivity index (χ2n) is 7.44. The number of nitro benzene ring substituents is 2. The lowest BCUT2D eigenvalue weighted by Gasteiger charge is -2.38. The third-order valence-electron chi connectivity index (χ3n) is 5.44. The van der Waals surface area contributed by atoms with Crippen LogP contribution in [0.2, 0.25) is 0 Å². The molecular formula is C20H19N5O8S. The van der Waals surface area contributed by atoms with E-state index < -0.39 is 51.0 Å². The van der Waals surface area contributed by atoms with Gasteiger partial charge in [-0.15, -0.1) is 11.8 Å². The van der Waals surface area contributed by atoms with Gasteiger partial charge < -0.3 is 18.9 Å². The number of methoxy groups -OCH3 is 1. The van der Waals surface area contributed by atoms with E-state index in [9.17, 15) is 25.8 Å². The van der Waals surface area contributed by atoms with Crippen molar-refractivity contribution in [1.29, 1.82) is 0 Å². The molecule has 14 heteroatoms. The number of benzene rings is 2. The molecule has 13 nitrogen and oxygen atoms in total. The number of azide groups is 1. The summed E-state index contributed by atoms with van der Waals surface area (Å²) in [5, 5.41) is 25.8. The fourth-order valence-corrected chi connectivity index (χ4v) is 5.09. The Morgan fingerprint density at radius 1 is 1.21 bits per heavy atom. The lowest BCUT2D eigenvalue weighted by Crippen LogP contribution is -2.52. The molecule has 2 aromatic carbocycles. The first-order chi connectivity index (χ1) is 16.4. The second kappa shape index (κ2) is 10.2. The summed E-state index contributed by atoms with van der Waals surface area (Å²) in [6, 6.07) is 9.86. The maximum absolute atomic E-state index is 11.6. The third kappa shape index (κ3) is 4.90. The number of nitro groups is 2. The summed E-state index contributed by atoms with van der Waals surface area (Å²) in [7, 11) is 1.57. The lowest BCUT2D eigenvalue weighted by molar-refractivity contribution is -0.396. The molecule has 0 radical (unpaired) electrons. The Kier molecular flexibility index (Phi) is 7.14. The smallest absolute Gasteiger partial charge is 0.289 e. The summed E-state index contributed by atoms with van der Waals surface area (Å²) in [4.78, 5) is 24.3. The molecule has 2 aliphatic rings. The highest BCUT2D eigenvalue weighted by atomic mass is 32.2. The standard InChI is InChI=1S/C20H19N5O8S/c1-30-13-5-2-11(3-6-13)9-31-18-15-10-32-20(33-15)19(17(18)22-23-21)34-16-7-4-12(24(26)27)8-14(16)25(28)29/h2-8,15,17-20H,9-10H2,1H3/t15-,17-,18+,19+,20+/m1/s1. The minimum absolute atomic E-state index is 0.158. The van der Waals surface area contributed by atoms with E-state index in [0.29, 0.717) is 5.75 Å². The van der Waals surface area contributed by atoms with Gasteiger partial charge in [0.15, 0.2) is 6.29 Å². The average Bonchev–Trinajstić information content (AvgIpc) is 3.27. The minimum atomic E-state index is -0.791. The molecule has 2 saturated heterocycles. The first-order valence-electron chi connectivity index (χ1n) is 10.1. The molecule has 0 aliphatic carbocycles. The Labute approximate surface area is 196 Å². The Morgan fingerprint density at radius 2 is 1.97 bits per heavy atom. The van der Waals surface area contributed by atoms with E-state index in [4.69, 9.17) is 18.9 Å². The Bertz CT molecular complexity index is 1130. The van der Waals surface area contributed by atoms with Crippen LogP contribution >= 0.6 is 11.8 Å². The number of hydrogen-bond donors (Lipinski definition) is 0. The molecule has 5 atom stereocenters. The highest BCUT2D eigenvalue weighted by molar-refractivity contribution is 8.00. The molecule has 178 valence electrons. The number of fused-ring (bicyclic) bond motifs is 2. The van der Waals surface area contributed by atoms with Crippen LogP contribution in [0.4, 0.5) is 11.4 Å². The molecule has 0 aromatic heterocycles. The van der Waals surface area contributed by atoms with E-state index in [-0.39, 0.29) is 18.1 Å². The zero-order valence-corrected chi connectivity index (χ0v) is 18.6. The maximum atomic E-state index is 11.6. The van der Waals surface area contributed by atoms with Gasteiger partial charge in [-0.3, -0.25) is 20.2 Å². The Balaban J connectivity index is 1.59. The predicted octanol–water partition coefficient (Wildman–Crippen LogP) is 3.99. The number of thioether (sulfide) groups is 1. The summed E-state index contributed by atoms with van der Waals surface area (Å²) in [6.07, 6.45) is -1.95. The van der Waals surface area contributed by atoms with Crippen LogP contribution < -0.4 is 4.74 Å². The zero-order valence-electron chi connectivity index (χ0n) is 17.8. The van der Waals surface area contributed by atoms with Crippen LogP contribution in [0.15, 0.2) is 52.5 Å². The fourth-order valence-electron chi connectivity index (χ4n) is 3.80. The number of nitrogens with zero attached hydrogens (tertiary/aromatic N) is 5. The van der Waals surface area contributed by atoms with Crippen molar-refractivity contribution >= 4 is 23.1 Å².